The molecule has 0 saturated heterocycles. The molecule has 0 heterocycles. The summed E-state index contributed by atoms with van der Waals surface area (Å²) in [6, 6.07) is 5.63. The van der Waals surface area contributed by atoms with Crippen LogP contribution in [0.2, 0.25) is 23.2 Å². The van der Waals surface area contributed by atoms with E-state index < -0.39 is 8.32 Å². The fourth-order valence-corrected chi connectivity index (χ4v) is 3.90. The predicted octanol–water partition coefficient (Wildman–Crippen LogP) is 5.25. The summed E-state index contributed by atoms with van der Waals surface area (Å²) in [5.74, 6) is 0. The van der Waals surface area contributed by atoms with Crippen LogP contribution < -0.4 is 5.73 Å². The Bertz CT molecular complexity index is 564. The zero-order valence-electron chi connectivity index (χ0n) is 13.1. The van der Waals surface area contributed by atoms with E-state index in [9.17, 15) is 0 Å². The topological polar surface area (TPSA) is 59.0 Å². The van der Waals surface area contributed by atoms with E-state index in [4.69, 9.17) is 27.0 Å². The Hall–Kier alpha value is -0.543. The monoisotopic (exact) mass is 388 g/mol. The molecule has 0 spiro atoms. The van der Waals surface area contributed by atoms with Gasteiger partial charge < -0.3 is 10.2 Å². The second-order valence-electron chi connectivity index (χ2n) is 6.60. The lowest BCUT2D eigenvalue weighted by Gasteiger charge is -2.39. The number of nitrogens with two attached hydrogens (primary N) is 1. The lowest BCUT2D eigenvalue weighted by Crippen LogP contribution is -2.42. The summed E-state index contributed by atoms with van der Waals surface area (Å²) in [6.45, 7) is 11.0. The molecule has 6 heteroatoms. The zero-order valence-corrected chi connectivity index (χ0v) is 16.5. The van der Waals surface area contributed by atoms with Gasteiger partial charge in [-0.2, -0.15) is 5.26 Å². The molecule has 1 rings (SSSR count). The largest absolute Gasteiger partial charge is 0.409 e. The Morgan fingerprint density at radius 1 is 1.43 bits per heavy atom. The molecule has 0 bridgehead atoms. The van der Waals surface area contributed by atoms with Gasteiger partial charge in [0.2, 0.25) is 0 Å². The second kappa shape index (κ2) is 6.70. The summed E-state index contributed by atoms with van der Waals surface area (Å²) in [5, 5.41) is 10.3. The molecule has 0 fully saturated rings. The molecule has 0 saturated carbocycles. The first-order valence-electron chi connectivity index (χ1n) is 6.76. The van der Waals surface area contributed by atoms with E-state index in [1.54, 1.807) is 12.1 Å². The summed E-state index contributed by atoms with van der Waals surface area (Å²) in [6.07, 6.45) is -0.143. The Balaban J connectivity index is 3.19. The predicted molar refractivity (Wildman–Crippen MR) is 95.4 cm³/mol. The Morgan fingerprint density at radius 2 is 2.00 bits per heavy atom. The van der Waals surface area contributed by atoms with E-state index in [0.717, 1.165) is 5.56 Å². The van der Waals surface area contributed by atoms with Gasteiger partial charge in [-0.15, -0.1) is 0 Å². The van der Waals surface area contributed by atoms with E-state index in [-0.39, 0.29) is 11.1 Å². The molecule has 0 aliphatic heterocycles. The number of halogens is 2. The highest BCUT2D eigenvalue weighted by Crippen LogP contribution is 2.41. The minimum Gasteiger partial charge on any atom is -0.409 e. The van der Waals surface area contributed by atoms with Gasteiger partial charge in [-0.05, 0) is 35.8 Å². The number of rotatable bonds is 4. The Kier molecular flexibility index (Phi) is 5.90. The number of nitrogens with zero attached hydrogens (tertiary/aromatic N) is 1. The average Bonchev–Trinajstić information content (AvgIpc) is 2.37. The maximum atomic E-state index is 9.15. The third-order valence-corrected chi connectivity index (χ3v) is 9.41. The van der Waals surface area contributed by atoms with Crippen molar-refractivity contribution in [2.24, 2.45) is 0 Å². The summed E-state index contributed by atoms with van der Waals surface area (Å²) in [7, 11) is -1.92. The van der Waals surface area contributed by atoms with E-state index in [2.05, 4.69) is 55.9 Å². The van der Waals surface area contributed by atoms with Crippen molar-refractivity contribution in [3.63, 3.8) is 0 Å². The first kappa shape index (κ1) is 18.5. The van der Waals surface area contributed by atoms with E-state index in [1.165, 1.54) is 0 Å². The summed E-state index contributed by atoms with van der Waals surface area (Å²) in [4.78, 5) is 0. The molecule has 0 radical (unpaired) electrons. The van der Waals surface area contributed by atoms with E-state index >= 15 is 0 Å². The van der Waals surface area contributed by atoms with Crippen LogP contribution in [0, 0.1) is 11.3 Å². The Labute approximate surface area is 141 Å². The van der Waals surface area contributed by atoms with Gasteiger partial charge in [0.05, 0.1) is 22.4 Å². The van der Waals surface area contributed by atoms with E-state index in [1.807, 2.05) is 0 Å². The van der Waals surface area contributed by atoms with Crippen molar-refractivity contribution in [3.05, 3.63) is 28.3 Å². The molecule has 1 atom stereocenters. The molecule has 0 aliphatic rings. The van der Waals surface area contributed by atoms with Crippen LogP contribution in [-0.4, -0.2) is 13.6 Å². The highest BCUT2D eigenvalue weighted by molar-refractivity contribution is 9.09. The van der Waals surface area contributed by atoms with Gasteiger partial charge in [0, 0.05) is 5.33 Å². The average molecular weight is 390 g/mol. The standard InChI is InChI=1S/C15H22BrClN2OSi/c1-15(2,3)21(4,5)20-13(8-16)10-6-11(9-18)14(19)12(17)7-10/h6-7,13H,8,19H2,1-5H3/t13-/m0/s1. The number of alkyl halides is 1. The fraction of sp³-hybridized carbons (Fsp3) is 0.533. The number of benzene rings is 1. The van der Waals surface area contributed by atoms with Crippen LogP contribution in [0.25, 0.3) is 0 Å². The molecule has 0 aliphatic carbocycles. The molecule has 0 aromatic heterocycles. The summed E-state index contributed by atoms with van der Waals surface area (Å²) >= 11 is 9.63. The number of nitriles is 1. The first-order chi connectivity index (χ1) is 9.53. The smallest absolute Gasteiger partial charge is 0.192 e. The first-order valence-corrected chi connectivity index (χ1v) is 11.2. The molecule has 2 N–H and O–H groups in total. The normalized spacial score (nSPS) is 13.8. The van der Waals surface area contributed by atoms with Crippen molar-refractivity contribution in [2.45, 2.75) is 45.0 Å². The molecular weight excluding hydrogens is 368 g/mol. The van der Waals surface area contributed by atoms with Crippen molar-refractivity contribution in [1.29, 1.82) is 5.26 Å². The fourth-order valence-electron chi connectivity index (χ4n) is 1.64. The van der Waals surface area contributed by atoms with Crippen molar-refractivity contribution in [3.8, 4) is 6.07 Å². The maximum Gasteiger partial charge on any atom is 0.192 e. The third kappa shape index (κ3) is 4.23. The zero-order chi connectivity index (χ0) is 16.4. The Morgan fingerprint density at radius 3 is 2.43 bits per heavy atom. The van der Waals surface area contributed by atoms with Crippen molar-refractivity contribution < 1.29 is 4.43 Å². The molecule has 116 valence electrons. The number of anilines is 1. The minimum absolute atomic E-state index is 0.114. The lowest BCUT2D eigenvalue weighted by molar-refractivity contribution is 0.208. The van der Waals surface area contributed by atoms with Crippen LogP contribution in [0.3, 0.4) is 0 Å². The lowest BCUT2D eigenvalue weighted by atomic mass is 10.1. The van der Waals surface area contributed by atoms with Crippen LogP contribution in [0.1, 0.15) is 38.0 Å². The molecular formula is C15H22BrClN2OSi. The van der Waals surface area contributed by atoms with Crippen LogP contribution in [0.4, 0.5) is 5.69 Å². The van der Waals surface area contributed by atoms with Crippen LogP contribution in [0.5, 0.6) is 0 Å². The summed E-state index contributed by atoms with van der Waals surface area (Å²) in [5.41, 5.74) is 7.40. The van der Waals surface area contributed by atoms with Gasteiger partial charge in [0.15, 0.2) is 8.32 Å². The molecule has 0 unspecified atom stereocenters. The van der Waals surface area contributed by atoms with Crippen molar-refractivity contribution >= 4 is 41.5 Å². The molecule has 1 aromatic rings. The van der Waals surface area contributed by atoms with Crippen LogP contribution in [0.15, 0.2) is 12.1 Å². The maximum absolute atomic E-state index is 9.15. The van der Waals surface area contributed by atoms with E-state index in [0.29, 0.717) is 21.6 Å². The second-order valence-corrected chi connectivity index (χ2v) is 12.4. The SMILES string of the molecule is CC(C)(C)[Si](C)(C)O[C@@H](CBr)c1cc(Cl)c(N)c(C#N)c1. The highest BCUT2D eigenvalue weighted by atomic mass is 79.9. The van der Waals surface area contributed by atoms with Crippen molar-refractivity contribution in [2.75, 3.05) is 11.1 Å². The molecule has 3 nitrogen and oxygen atoms in total. The van der Waals surface area contributed by atoms with Gasteiger partial charge in [-0.25, -0.2) is 0 Å². The van der Waals surface area contributed by atoms with Gasteiger partial charge in [-0.1, -0.05) is 48.3 Å². The van der Waals surface area contributed by atoms with Gasteiger partial charge in [-0.3, -0.25) is 0 Å². The summed E-state index contributed by atoms with van der Waals surface area (Å²) < 4.78 is 6.42. The van der Waals surface area contributed by atoms with Crippen LogP contribution in [-0.2, 0) is 4.43 Å². The highest BCUT2D eigenvalue weighted by Gasteiger charge is 2.39. The number of hydrogen-bond acceptors (Lipinski definition) is 3. The molecule has 21 heavy (non-hydrogen) atoms. The quantitative estimate of drug-likeness (QED) is 0.434. The van der Waals surface area contributed by atoms with Gasteiger partial charge in [0.25, 0.3) is 0 Å². The molecule has 0 amide bonds. The minimum atomic E-state index is -1.92. The third-order valence-electron chi connectivity index (χ3n) is 4.03. The van der Waals surface area contributed by atoms with Gasteiger partial charge in [0.1, 0.15) is 6.07 Å². The molecule has 1 aromatic carbocycles. The number of nitrogen functional groups attached to an aromatic ring is 1. The van der Waals surface area contributed by atoms with Crippen LogP contribution >= 0.6 is 27.5 Å². The number of hydrogen-bond donors (Lipinski definition) is 1. The van der Waals surface area contributed by atoms with Crippen molar-refractivity contribution in [1.82, 2.24) is 0 Å². The van der Waals surface area contributed by atoms with Gasteiger partial charge >= 0.3 is 0 Å².